The van der Waals surface area contributed by atoms with Crippen LogP contribution in [0.25, 0.3) is 0 Å². The fraction of sp³-hybridized carbons (Fsp3) is 0.167. The Bertz CT molecular complexity index is 366. The Morgan fingerprint density at radius 1 is 0.929 bits per heavy atom. The lowest BCUT2D eigenvalue weighted by atomic mass is 9.91. The Morgan fingerprint density at radius 2 is 1.21 bits per heavy atom. The second-order valence-corrected chi connectivity index (χ2v) is 3.41. The van der Waals surface area contributed by atoms with Crippen molar-refractivity contribution in [3.63, 3.8) is 0 Å². The molecule has 0 N–H and O–H groups in total. The summed E-state index contributed by atoms with van der Waals surface area (Å²) in [5.41, 5.74) is 2.00. The fourth-order valence-corrected chi connectivity index (χ4v) is 1.23. The third kappa shape index (κ3) is 1.79. The van der Waals surface area contributed by atoms with Crippen LogP contribution in [0.4, 0.5) is 0 Å². The van der Waals surface area contributed by atoms with Gasteiger partial charge in [-0.3, -0.25) is 9.59 Å². The molecule has 0 unspecified atom stereocenters. The molecule has 1 aliphatic rings. The van der Waals surface area contributed by atoms with Crippen molar-refractivity contribution in [3.8, 4) is 0 Å². The number of hydrogen-bond acceptors (Lipinski definition) is 2. The van der Waals surface area contributed by atoms with Crippen molar-refractivity contribution < 1.29 is 9.59 Å². The predicted octanol–water partition coefficient (Wildman–Crippen LogP) is 2.14. The van der Waals surface area contributed by atoms with Gasteiger partial charge in [0.2, 0.25) is 0 Å². The van der Waals surface area contributed by atoms with Gasteiger partial charge >= 0.3 is 0 Å². The molecule has 1 aliphatic carbocycles. The standard InChI is InChI=1S/C12H12O2/c1-7(2)9-5-12(14)10(8(3)4)6-11(9)13/h5-6H,1,3H2,2,4H3. The molecule has 0 spiro atoms. The van der Waals surface area contributed by atoms with Gasteiger partial charge in [0.1, 0.15) is 0 Å². The zero-order valence-corrected chi connectivity index (χ0v) is 8.39. The Kier molecular flexibility index (Phi) is 2.65. The topological polar surface area (TPSA) is 34.1 Å². The summed E-state index contributed by atoms with van der Waals surface area (Å²) in [4.78, 5) is 23.0. The van der Waals surface area contributed by atoms with Gasteiger partial charge in [-0.05, 0) is 37.1 Å². The first-order valence-electron chi connectivity index (χ1n) is 4.27. The molecule has 0 fully saturated rings. The maximum Gasteiger partial charge on any atom is 0.186 e. The van der Waals surface area contributed by atoms with Crippen LogP contribution in [0.1, 0.15) is 13.8 Å². The van der Waals surface area contributed by atoms with Gasteiger partial charge in [0.05, 0.1) is 0 Å². The minimum absolute atomic E-state index is 0.171. The van der Waals surface area contributed by atoms with Gasteiger partial charge in [-0.15, -0.1) is 0 Å². The zero-order valence-electron chi connectivity index (χ0n) is 8.39. The van der Waals surface area contributed by atoms with E-state index in [-0.39, 0.29) is 11.6 Å². The molecule has 0 saturated heterocycles. The summed E-state index contributed by atoms with van der Waals surface area (Å²) in [5.74, 6) is -0.342. The summed E-state index contributed by atoms with van der Waals surface area (Å²) in [5, 5.41) is 0. The molecule has 1 rings (SSSR count). The summed E-state index contributed by atoms with van der Waals surface area (Å²) in [6.07, 6.45) is 2.66. The molecular weight excluding hydrogens is 176 g/mol. The molecule has 0 heterocycles. The van der Waals surface area contributed by atoms with Crippen LogP contribution < -0.4 is 0 Å². The third-order valence-corrected chi connectivity index (χ3v) is 2.00. The van der Waals surface area contributed by atoms with Gasteiger partial charge in [0.25, 0.3) is 0 Å². The highest BCUT2D eigenvalue weighted by molar-refractivity contribution is 6.23. The van der Waals surface area contributed by atoms with Crippen LogP contribution in [0.2, 0.25) is 0 Å². The SMILES string of the molecule is C=C(C)C1=CC(=O)C(C(=C)C)=CC1=O. The summed E-state index contributed by atoms with van der Waals surface area (Å²) in [6.45, 7) is 10.7. The maximum atomic E-state index is 11.5. The highest BCUT2D eigenvalue weighted by Crippen LogP contribution is 2.20. The number of allylic oxidation sites excluding steroid dienone is 6. The molecule has 0 aromatic carbocycles. The van der Waals surface area contributed by atoms with E-state index in [0.717, 1.165) is 0 Å². The average Bonchev–Trinajstić information content (AvgIpc) is 2.07. The van der Waals surface area contributed by atoms with E-state index in [1.54, 1.807) is 13.8 Å². The fourth-order valence-electron chi connectivity index (χ4n) is 1.23. The van der Waals surface area contributed by atoms with E-state index >= 15 is 0 Å². The van der Waals surface area contributed by atoms with Crippen LogP contribution in [0.15, 0.2) is 47.6 Å². The third-order valence-electron chi connectivity index (χ3n) is 2.00. The van der Waals surface area contributed by atoms with Gasteiger partial charge in [-0.1, -0.05) is 13.2 Å². The van der Waals surface area contributed by atoms with Crippen molar-refractivity contribution in [3.05, 3.63) is 47.6 Å². The molecule has 0 amide bonds. The van der Waals surface area contributed by atoms with E-state index in [2.05, 4.69) is 13.2 Å². The lowest BCUT2D eigenvalue weighted by Crippen LogP contribution is -2.14. The van der Waals surface area contributed by atoms with Crippen molar-refractivity contribution in [2.24, 2.45) is 0 Å². The van der Waals surface area contributed by atoms with Crippen molar-refractivity contribution >= 4 is 11.6 Å². The Morgan fingerprint density at radius 3 is 1.43 bits per heavy atom. The van der Waals surface area contributed by atoms with E-state index in [1.807, 2.05) is 0 Å². The van der Waals surface area contributed by atoms with Gasteiger partial charge in [-0.2, -0.15) is 0 Å². The number of carbonyl (C=O) groups excluding carboxylic acids is 2. The summed E-state index contributed by atoms with van der Waals surface area (Å²) in [7, 11) is 0. The first kappa shape index (κ1) is 10.4. The van der Waals surface area contributed by atoms with E-state index in [0.29, 0.717) is 22.3 Å². The molecule has 0 atom stereocenters. The molecular formula is C12H12O2. The lowest BCUT2D eigenvalue weighted by Gasteiger charge is -2.11. The number of rotatable bonds is 2. The van der Waals surface area contributed by atoms with Crippen LogP contribution in [-0.4, -0.2) is 11.6 Å². The minimum atomic E-state index is -0.171. The van der Waals surface area contributed by atoms with Crippen LogP contribution in [0, 0.1) is 0 Å². The van der Waals surface area contributed by atoms with Crippen LogP contribution >= 0.6 is 0 Å². The van der Waals surface area contributed by atoms with Crippen molar-refractivity contribution in [1.82, 2.24) is 0 Å². The van der Waals surface area contributed by atoms with Gasteiger partial charge in [0, 0.05) is 11.1 Å². The zero-order chi connectivity index (χ0) is 10.9. The van der Waals surface area contributed by atoms with Crippen LogP contribution in [0.5, 0.6) is 0 Å². The Hall–Kier alpha value is -1.70. The van der Waals surface area contributed by atoms with Gasteiger partial charge in [-0.25, -0.2) is 0 Å². The van der Waals surface area contributed by atoms with E-state index < -0.39 is 0 Å². The summed E-state index contributed by atoms with van der Waals surface area (Å²) < 4.78 is 0. The van der Waals surface area contributed by atoms with E-state index in [9.17, 15) is 9.59 Å². The highest BCUT2D eigenvalue weighted by Gasteiger charge is 2.20. The lowest BCUT2D eigenvalue weighted by molar-refractivity contribution is -0.114. The number of ketones is 2. The van der Waals surface area contributed by atoms with Crippen LogP contribution in [-0.2, 0) is 9.59 Å². The molecule has 0 aromatic heterocycles. The Balaban J connectivity index is 3.14. The van der Waals surface area contributed by atoms with Gasteiger partial charge in [0.15, 0.2) is 11.6 Å². The predicted molar refractivity (Wildman–Crippen MR) is 55.8 cm³/mol. The second kappa shape index (κ2) is 3.58. The van der Waals surface area contributed by atoms with E-state index in [4.69, 9.17) is 0 Å². The minimum Gasteiger partial charge on any atom is -0.289 e. The number of carbonyl (C=O) groups is 2. The van der Waals surface area contributed by atoms with Crippen molar-refractivity contribution in [2.75, 3.05) is 0 Å². The largest absolute Gasteiger partial charge is 0.289 e. The van der Waals surface area contributed by atoms with Crippen molar-refractivity contribution in [1.29, 1.82) is 0 Å². The molecule has 0 aromatic rings. The normalized spacial score (nSPS) is 16.1. The first-order valence-corrected chi connectivity index (χ1v) is 4.27. The molecule has 0 radical (unpaired) electrons. The average molecular weight is 188 g/mol. The Labute approximate surface area is 83.3 Å². The molecule has 2 heteroatoms. The first-order chi connectivity index (χ1) is 6.43. The maximum absolute atomic E-state index is 11.5. The van der Waals surface area contributed by atoms with Crippen LogP contribution in [0.3, 0.4) is 0 Å². The highest BCUT2D eigenvalue weighted by atomic mass is 16.1. The quantitative estimate of drug-likeness (QED) is 0.622. The van der Waals surface area contributed by atoms with E-state index in [1.165, 1.54) is 12.2 Å². The molecule has 72 valence electrons. The second-order valence-electron chi connectivity index (χ2n) is 3.41. The molecule has 14 heavy (non-hydrogen) atoms. The summed E-state index contributed by atoms with van der Waals surface area (Å²) >= 11 is 0. The monoisotopic (exact) mass is 188 g/mol. The number of hydrogen-bond donors (Lipinski definition) is 0. The molecule has 0 aliphatic heterocycles. The molecule has 0 saturated carbocycles. The summed E-state index contributed by atoms with van der Waals surface area (Å²) in [6, 6.07) is 0. The molecule has 0 bridgehead atoms. The van der Waals surface area contributed by atoms with Gasteiger partial charge < -0.3 is 0 Å². The molecule has 2 nitrogen and oxygen atoms in total. The van der Waals surface area contributed by atoms with Crippen molar-refractivity contribution in [2.45, 2.75) is 13.8 Å². The smallest absolute Gasteiger partial charge is 0.186 e.